The van der Waals surface area contributed by atoms with E-state index < -0.39 is 0 Å². The minimum atomic E-state index is 0.488. The monoisotopic (exact) mass is 357 g/mol. The molecule has 1 fully saturated rings. The van der Waals surface area contributed by atoms with Crippen molar-refractivity contribution >= 4 is 33.2 Å². The first-order valence-corrected chi connectivity index (χ1v) is 8.81. The molecule has 0 saturated heterocycles. The van der Waals surface area contributed by atoms with Crippen LogP contribution in [0.25, 0.3) is 0 Å². The van der Waals surface area contributed by atoms with E-state index in [1.165, 1.54) is 32.1 Å². The van der Waals surface area contributed by atoms with E-state index in [2.05, 4.69) is 48.1 Å². The fourth-order valence-corrected chi connectivity index (χ4v) is 3.70. The van der Waals surface area contributed by atoms with E-state index in [1.807, 2.05) is 12.1 Å². The van der Waals surface area contributed by atoms with Gasteiger partial charge in [0.1, 0.15) is 0 Å². The highest BCUT2D eigenvalue weighted by atomic mass is 79.9. The molecular weight excluding hydrogens is 334 g/mol. The molecule has 2 rings (SSSR count). The average molecular weight is 359 g/mol. The van der Waals surface area contributed by atoms with Gasteiger partial charge in [-0.1, -0.05) is 44.9 Å². The molecule has 1 aromatic rings. The summed E-state index contributed by atoms with van der Waals surface area (Å²) < 4.78 is 0.984. The van der Waals surface area contributed by atoms with E-state index in [-0.39, 0.29) is 0 Å². The minimum absolute atomic E-state index is 0.488. The lowest BCUT2D eigenvalue weighted by Crippen LogP contribution is -2.32. The van der Waals surface area contributed by atoms with E-state index in [9.17, 15) is 0 Å². The molecule has 0 spiro atoms. The fraction of sp³-hybridized carbons (Fsp3) is 0.647. The van der Waals surface area contributed by atoms with Gasteiger partial charge in [-0.3, -0.25) is 0 Å². The van der Waals surface area contributed by atoms with Crippen LogP contribution in [0.15, 0.2) is 22.7 Å². The quantitative estimate of drug-likeness (QED) is 0.647. The van der Waals surface area contributed by atoms with Crippen LogP contribution in [0.3, 0.4) is 0 Å². The van der Waals surface area contributed by atoms with Crippen LogP contribution in [0.2, 0.25) is 5.02 Å². The lowest BCUT2D eigenvalue weighted by Gasteiger charge is -2.39. The molecular formula is C17H25BrClN. The maximum absolute atomic E-state index is 6.15. The number of rotatable bonds is 4. The molecule has 0 radical (unpaired) electrons. The Morgan fingerprint density at radius 1 is 1.25 bits per heavy atom. The molecule has 1 aliphatic carbocycles. The third kappa shape index (κ3) is 3.71. The predicted molar refractivity (Wildman–Crippen MR) is 92.6 cm³/mol. The van der Waals surface area contributed by atoms with Crippen molar-refractivity contribution in [3.8, 4) is 0 Å². The Labute approximate surface area is 136 Å². The van der Waals surface area contributed by atoms with E-state index in [0.717, 1.165) is 21.1 Å². The van der Waals surface area contributed by atoms with Crippen LogP contribution in [-0.4, -0.2) is 6.04 Å². The number of hydrogen-bond acceptors (Lipinski definition) is 1. The van der Waals surface area contributed by atoms with Crippen molar-refractivity contribution in [2.24, 2.45) is 11.3 Å². The van der Waals surface area contributed by atoms with Crippen LogP contribution in [-0.2, 0) is 0 Å². The van der Waals surface area contributed by atoms with Gasteiger partial charge in [-0.2, -0.15) is 0 Å². The van der Waals surface area contributed by atoms with Gasteiger partial charge in [-0.15, -0.1) is 0 Å². The summed E-state index contributed by atoms with van der Waals surface area (Å²) in [6.45, 7) is 7.14. The lowest BCUT2D eigenvalue weighted by molar-refractivity contribution is 0.147. The molecule has 1 aromatic carbocycles. The number of benzene rings is 1. The third-order valence-corrected chi connectivity index (χ3v) is 6.45. The Morgan fingerprint density at radius 2 is 1.90 bits per heavy atom. The second-order valence-corrected chi connectivity index (χ2v) is 7.84. The highest BCUT2D eigenvalue weighted by molar-refractivity contribution is 9.10. The molecule has 0 amide bonds. The normalized spacial score (nSPS) is 23.6. The molecule has 112 valence electrons. The van der Waals surface area contributed by atoms with E-state index >= 15 is 0 Å². The number of nitrogens with one attached hydrogen (secondary N) is 1. The van der Waals surface area contributed by atoms with Gasteiger partial charge in [0.2, 0.25) is 0 Å². The molecule has 1 nitrogen and oxygen atoms in total. The van der Waals surface area contributed by atoms with Crippen LogP contribution in [0.1, 0.15) is 52.9 Å². The van der Waals surface area contributed by atoms with Crippen molar-refractivity contribution in [2.45, 2.75) is 58.9 Å². The Bertz CT molecular complexity index is 450. The molecule has 0 heterocycles. The summed E-state index contributed by atoms with van der Waals surface area (Å²) in [6, 6.07) is 6.59. The molecule has 3 heteroatoms. The maximum Gasteiger partial charge on any atom is 0.0593 e. The summed E-state index contributed by atoms with van der Waals surface area (Å²) in [5.74, 6) is 0.869. The van der Waals surface area contributed by atoms with E-state index in [4.69, 9.17) is 11.6 Å². The third-order valence-electron chi connectivity index (χ3n) is 5.05. The first-order valence-electron chi connectivity index (χ1n) is 7.64. The minimum Gasteiger partial charge on any atom is -0.381 e. The molecule has 0 bridgehead atoms. The van der Waals surface area contributed by atoms with Crippen LogP contribution < -0.4 is 5.32 Å². The molecule has 1 N–H and O–H groups in total. The Balaban J connectivity index is 1.93. The van der Waals surface area contributed by atoms with Gasteiger partial charge in [-0.25, -0.2) is 0 Å². The molecule has 0 aromatic heterocycles. The van der Waals surface area contributed by atoms with Crippen molar-refractivity contribution in [3.63, 3.8) is 0 Å². The molecule has 0 aliphatic heterocycles. The van der Waals surface area contributed by atoms with Gasteiger partial charge in [0.25, 0.3) is 0 Å². The summed E-state index contributed by atoms with van der Waals surface area (Å²) in [7, 11) is 0. The van der Waals surface area contributed by atoms with Crippen molar-refractivity contribution in [3.05, 3.63) is 27.7 Å². The zero-order valence-electron chi connectivity index (χ0n) is 12.7. The van der Waals surface area contributed by atoms with Crippen LogP contribution in [0.5, 0.6) is 0 Å². The van der Waals surface area contributed by atoms with Gasteiger partial charge in [0, 0.05) is 6.04 Å². The lowest BCUT2D eigenvalue weighted by atomic mass is 9.69. The van der Waals surface area contributed by atoms with Gasteiger partial charge in [-0.05, 0) is 65.1 Å². The highest BCUT2D eigenvalue weighted by Crippen LogP contribution is 2.41. The Kier molecular flexibility index (Phi) is 5.42. The molecule has 0 atom stereocenters. The number of anilines is 1. The molecule has 20 heavy (non-hydrogen) atoms. The highest BCUT2D eigenvalue weighted by Gasteiger charge is 2.31. The standard InChI is InChI=1S/C17H25BrClN/c1-4-17(2,3)12-8-10-13(11-9-12)20-15-7-5-6-14(19)16(15)18/h5-7,12-13,20H,4,8-11H2,1-3H3. The van der Waals surface area contributed by atoms with Crippen molar-refractivity contribution in [1.82, 2.24) is 0 Å². The Morgan fingerprint density at radius 3 is 2.50 bits per heavy atom. The van der Waals surface area contributed by atoms with Crippen molar-refractivity contribution in [1.29, 1.82) is 0 Å². The van der Waals surface area contributed by atoms with Crippen LogP contribution in [0.4, 0.5) is 5.69 Å². The fourth-order valence-electron chi connectivity index (χ4n) is 3.14. The maximum atomic E-state index is 6.15. The average Bonchev–Trinajstić information content (AvgIpc) is 2.44. The second-order valence-electron chi connectivity index (χ2n) is 6.64. The van der Waals surface area contributed by atoms with Crippen LogP contribution in [0, 0.1) is 11.3 Å². The summed E-state index contributed by atoms with van der Waals surface area (Å²) in [4.78, 5) is 0. The smallest absolute Gasteiger partial charge is 0.0593 e. The van der Waals surface area contributed by atoms with Crippen molar-refractivity contribution in [2.75, 3.05) is 5.32 Å². The first-order chi connectivity index (χ1) is 9.44. The predicted octanol–water partition coefficient (Wildman–Crippen LogP) is 6.51. The summed E-state index contributed by atoms with van der Waals surface area (Å²) in [5, 5.41) is 4.42. The second kappa shape index (κ2) is 6.70. The molecule has 0 unspecified atom stereocenters. The summed E-state index contributed by atoms with van der Waals surface area (Å²) >= 11 is 9.71. The molecule has 1 saturated carbocycles. The van der Waals surface area contributed by atoms with Crippen molar-refractivity contribution < 1.29 is 0 Å². The number of halogens is 2. The Hall–Kier alpha value is -0.210. The molecule has 1 aliphatic rings. The number of hydrogen-bond donors (Lipinski definition) is 1. The summed E-state index contributed by atoms with van der Waals surface area (Å²) in [6.07, 6.45) is 6.45. The first kappa shape index (κ1) is 16.2. The van der Waals surface area contributed by atoms with Gasteiger partial charge < -0.3 is 5.32 Å². The zero-order chi connectivity index (χ0) is 14.8. The van der Waals surface area contributed by atoms with E-state index in [1.54, 1.807) is 0 Å². The van der Waals surface area contributed by atoms with Gasteiger partial charge in [0.15, 0.2) is 0 Å². The van der Waals surface area contributed by atoms with E-state index in [0.29, 0.717) is 11.5 Å². The topological polar surface area (TPSA) is 12.0 Å². The summed E-state index contributed by atoms with van der Waals surface area (Å²) in [5.41, 5.74) is 1.61. The largest absolute Gasteiger partial charge is 0.381 e. The van der Waals surface area contributed by atoms with Gasteiger partial charge >= 0.3 is 0 Å². The van der Waals surface area contributed by atoms with Crippen LogP contribution >= 0.6 is 27.5 Å². The SMILES string of the molecule is CCC(C)(C)C1CCC(Nc2cccc(Cl)c2Br)CC1. The van der Waals surface area contributed by atoms with Gasteiger partial charge in [0.05, 0.1) is 15.2 Å². The zero-order valence-corrected chi connectivity index (χ0v) is 15.0.